The van der Waals surface area contributed by atoms with Gasteiger partial charge < -0.3 is 20.3 Å². The summed E-state index contributed by atoms with van der Waals surface area (Å²) >= 11 is 0. The van der Waals surface area contributed by atoms with Crippen LogP contribution in [0.5, 0.6) is 0 Å². The van der Waals surface area contributed by atoms with E-state index in [0.29, 0.717) is 19.4 Å². The molecular weight excluding hydrogens is 827 g/mol. The highest BCUT2D eigenvalue weighted by Gasteiger charge is 2.18. The Morgan fingerprint density at radius 3 is 1.01 bits per heavy atom. The highest BCUT2D eigenvalue weighted by molar-refractivity contribution is 5.76. The molecule has 0 aromatic carbocycles. The van der Waals surface area contributed by atoms with Gasteiger partial charge in [0, 0.05) is 12.8 Å². The zero-order valence-electron chi connectivity index (χ0n) is 45.4. The monoisotopic (exact) mass is 946 g/mol. The molecule has 0 heterocycles. The molecule has 6 heteroatoms. The fourth-order valence-corrected chi connectivity index (χ4v) is 9.64. The molecule has 0 aliphatic carbocycles. The molecule has 0 rings (SSSR count). The van der Waals surface area contributed by atoms with E-state index < -0.39 is 12.1 Å². The summed E-state index contributed by atoms with van der Waals surface area (Å²) in [6, 6.07) is -0.629. The van der Waals surface area contributed by atoms with Crippen molar-refractivity contribution in [1.82, 2.24) is 5.32 Å². The topological polar surface area (TPSA) is 95.9 Å². The van der Waals surface area contributed by atoms with Gasteiger partial charge in [0.05, 0.1) is 25.4 Å². The molecule has 0 aliphatic heterocycles. The highest BCUT2D eigenvalue weighted by Crippen LogP contribution is 2.18. The van der Waals surface area contributed by atoms with Crippen molar-refractivity contribution in [3.63, 3.8) is 0 Å². The number of carbonyl (C=O) groups excluding carboxylic acids is 2. The number of hydrogen-bond acceptors (Lipinski definition) is 5. The van der Waals surface area contributed by atoms with Crippen LogP contribution < -0.4 is 5.32 Å². The summed E-state index contributed by atoms with van der Waals surface area (Å²) in [6.07, 6.45) is 68.1. The van der Waals surface area contributed by atoms with Crippen LogP contribution >= 0.6 is 0 Å². The predicted molar refractivity (Wildman–Crippen MR) is 292 cm³/mol. The van der Waals surface area contributed by atoms with Crippen LogP contribution in [-0.2, 0) is 14.3 Å². The molecule has 1 amide bonds. The summed E-state index contributed by atoms with van der Waals surface area (Å²) in [4.78, 5) is 24.5. The molecule has 0 saturated carbocycles. The zero-order valence-corrected chi connectivity index (χ0v) is 45.4. The van der Waals surface area contributed by atoms with Crippen molar-refractivity contribution in [1.29, 1.82) is 0 Å². The normalized spacial score (nSPS) is 12.6. The van der Waals surface area contributed by atoms with Gasteiger partial charge in [0.15, 0.2) is 0 Å². The van der Waals surface area contributed by atoms with Crippen LogP contribution in [0.1, 0.15) is 341 Å². The summed E-state index contributed by atoms with van der Waals surface area (Å²) < 4.78 is 5.48. The fraction of sp³-hybridized carbons (Fsp3) is 0.934. The first-order valence-corrected chi connectivity index (χ1v) is 30.5. The Hall–Kier alpha value is -1.40. The van der Waals surface area contributed by atoms with Crippen molar-refractivity contribution in [3.8, 4) is 0 Å². The number of aliphatic hydroxyl groups excluding tert-OH is 2. The average Bonchev–Trinajstić information content (AvgIpc) is 3.33. The number of esters is 1. The van der Waals surface area contributed by atoms with Gasteiger partial charge in [0.2, 0.25) is 5.91 Å². The van der Waals surface area contributed by atoms with Gasteiger partial charge in [-0.2, -0.15) is 0 Å². The number of unbranched alkanes of at least 4 members (excludes halogenated alkanes) is 46. The molecule has 2 unspecified atom stereocenters. The lowest BCUT2D eigenvalue weighted by Crippen LogP contribution is -2.45. The molecule has 2 atom stereocenters. The Bertz CT molecular complexity index is 1000. The third-order valence-corrected chi connectivity index (χ3v) is 14.3. The molecule has 398 valence electrons. The summed E-state index contributed by atoms with van der Waals surface area (Å²) in [5.74, 6) is -0.0567. The van der Waals surface area contributed by atoms with Crippen molar-refractivity contribution in [2.24, 2.45) is 0 Å². The molecule has 6 nitrogen and oxygen atoms in total. The largest absolute Gasteiger partial charge is 0.466 e. The Kier molecular flexibility index (Phi) is 56.0. The number of allylic oxidation sites excluding steroid dienone is 1. The van der Waals surface area contributed by atoms with Gasteiger partial charge in [-0.3, -0.25) is 9.59 Å². The highest BCUT2D eigenvalue weighted by atomic mass is 16.5. The number of carbonyl (C=O) groups is 2. The summed E-state index contributed by atoms with van der Waals surface area (Å²) in [5, 5.41) is 23.2. The average molecular weight is 947 g/mol. The second-order valence-corrected chi connectivity index (χ2v) is 21.0. The minimum atomic E-state index is -0.846. The third kappa shape index (κ3) is 53.8. The van der Waals surface area contributed by atoms with Crippen LogP contribution in [0.15, 0.2) is 12.2 Å². The van der Waals surface area contributed by atoms with Crippen molar-refractivity contribution in [2.75, 3.05) is 13.2 Å². The van der Waals surface area contributed by atoms with Crippen molar-refractivity contribution < 1.29 is 24.5 Å². The van der Waals surface area contributed by atoms with E-state index in [9.17, 15) is 19.8 Å². The van der Waals surface area contributed by atoms with E-state index in [1.165, 1.54) is 276 Å². The van der Waals surface area contributed by atoms with E-state index >= 15 is 0 Å². The molecule has 3 N–H and O–H groups in total. The quantitative estimate of drug-likeness (QED) is 0.0321. The number of aliphatic hydroxyl groups is 2. The number of hydrogen-bond donors (Lipinski definition) is 3. The van der Waals surface area contributed by atoms with Gasteiger partial charge in [-0.1, -0.05) is 309 Å². The van der Waals surface area contributed by atoms with Crippen LogP contribution in [-0.4, -0.2) is 47.4 Å². The Morgan fingerprint density at radius 1 is 0.403 bits per heavy atom. The molecule has 0 radical (unpaired) electrons. The van der Waals surface area contributed by atoms with E-state index in [1.807, 2.05) is 6.08 Å². The smallest absolute Gasteiger partial charge is 0.305 e. The molecule has 0 aliphatic rings. The fourth-order valence-electron chi connectivity index (χ4n) is 9.64. The second-order valence-electron chi connectivity index (χ2n) is 21.0. The number of ether oxygens (including phenoxy) is 1. The number of amides is 1. The van der Waals surface area contributed by atoms with Gasteiger partial charge in [0.1, 0.15) is 0 Å². The lowest BCUT2D eigenvalue weighted by atomic mass is 10.0. The van der Waals surface area contributed by atoms with Crippen LogP contribution in [0.2, 0.25) is 0 Å². The van der Waals surface area contributed by atoms with Crippen molar-refractivity contribution in [3.05, 3.63) is 12.2 Å². The minimum Gasteiger partial charge on any atom is -0.466 e. The van der Waals surface area contributed by atoms with Crippen LogP contribution in [0.25, 0.3) is 0 Å². The Balaban J connectivity index is 3.41. The van der Waals surface area contributed by atoms with Crippen LogP contribution in [0.4, 0.5) is 0 Å². The Labute approximate surface area is 419 Å². The van der Waals surface area contributed by atoms with E-state index in [4.69, 9.17) is 4.74 Å². The van der Waals surface area contributed by atoms with Gasteiger partial charge in [0.25, 0.3) is 0 Å². The van der Waals surface area contributed by atoms with E-state index in [2.05, 4.69) is 19.2 Å². The SMILES string of the molecule is CCCCCCCCCCCCCCCCC/C=C/C(O)C(CO)NC(=O)CCCCCCCCCCCCCCCCCCCCCOC(=O)CCCCCCCCCCCCCCCC. The maximum absolute atomic E-state index is 12.5. The molecule has 0 bridgehead atoms. The molecule has 67 heavy (non-hydrogen) atoms. The first kappa shape index (κ1) is 65.6. The standard InChI is InChI=1S/C61H119NO5/c1-3-5-7-9-11-13-15-17-19-23-26-29-33-37-41-45-49-53-59(64)58(57-63)62-60(65)54-50-46-42-38-34-30-27-24-21-20-22-25-28-32-36-40-44-48-52-56-67-61(66)55-51-47-43-39-35-31-18-16-14-12-10-8-6-4-2/h49,53,58-59,63-64H,3-48,50-52,54-57H2,1-2H3,(H,62,65)/b53-49+. The van der Waals surface area contributed by atoms with Gasteiger partial charge in [-0.25, -0.2) is 0 Å². The summed E-state index contributed by atoms with van der Waals surface area (Å²) in [7, 11) is 0. The number of nitrogens with one attached hydrogen (secondary N) is 1. The van der Waals surface area contributed by atoms with E-state index in [0.717, 1.165) is 38.5 Å². The predicted octanol–water partition coefficient (Wildman–Crippen LogP) is 18.9. The summed E-state index contributed by atoms with van der Waals surface area (Å²) in [6.45, 7) is 4.93. The first-order chi connectivity index (χ1) is 33.0. The lowest BCUT2D eigenvalue weighted by molar-refractivity contribution is -0.143. The molecule has 0 saturated heterocycles. The van der Waals surface area contributed by atoms with Gasteiger partial charge in [-0.15, -0.1) is 0 Å². The van der Waals surface area contributed by atoms with Crippen LogP contribution in [0.3, 0.4) is 0 Å². The molecule has 0 aromatic heterocycles. The Morgan fingerprint density at radius 2 is 0.687 bits per heavy atom. The zero-order chi connectivity index (χ0) is 48.6. The molecule has 0 spiro atoms. The molecule has 0 fully saturated rings. The van der Waals surface area contributed by atoms with E-state index in [-0.39, 0.29) is 18.5 Å². The van der Waals surface area contributed by atoms with Gasteiger partial charge >= 0.3 is 5.97 Å². The minimum absolute atomic E-state index is 0.0112. The lowest BCUT2D eigenvalue weighted by Gasteiger charge is -2.20. The van der Waals surface area contributed by atoms with Crippen molar-refractivity contribution in [2.45, 2.75) is 353 Å². The molecule has 0 aromatic rings. The van der Waals surface area contributed by atoms with E-state index in [1.54, 1.807) is 6.08 Å². The molecular formula is C61H119NO5. The second kappa shape index (κ2) is 57.2. The van der Waals surface area contributed by atoms with Crippen molar-refractivity contribution >= 4 is 11.9 Å². The first-order valence-electron chi connectivity index (χ1n) is 30.5. The van der Waals surface area contributed by atoms with Crippen LogP contribution in [0, 0.1) is 0 Å². The maximum Gasteiger partial charge on any atom is 0.305 e. The maximum atomic E-state index is 12.5. The van der Waals surface area contributed by atoms with Gasteiger partial charge in [-0.05, 0) is 32.1 Å². The summed E-state index contributed by atoms with van der Waals surface area (Å²) in [5.41, 5.74) is 0. The number of rotatable bonds is 57. The third-order valence-electron chi connectivity index (χ3n) is 14.3.